The fourth-order valence-electron chi connectivity index (χ4n) is 3.45. The average molecular weight is 480 g/mol. The molecule has 2 aromatic carbocycles. The molecule has 2 N–H and O–H groups in total. The van der Waals surface area contributed by atoms with Gasteiger partial charge in [0.05, 0.1) is 7.11 Å². The first kappa shape index (κ1) is 27.3. The predicted octanol–water partition coefficient (Wildman–Crippen LogP) is 4.12. The predicted molar refractivity (Wildman–Crippen MR) is 135 cm³/mol. The molecule has 3 amide bonds. The lowest BCUT2D eigenvalue weighted by molar-refractivity contribution is -0.140. The van der Waals surface area contributed by atoms with Crippen molar-refractivity contribution in [2.45, 2.75) is 52.3 Å². The van der Waals surface area contributed by atoms with E-state index in [-0.39, 0.29) is 12.6 Å². The molecule has 2 aromatic rings. The van der Waals surface area contributed by atoms with Crippen molar-refractivity contribution in [3.63, 3.8) is 0 Å². The number of alkyl carbamates (subject to hydrolysis) is 1. The van der Waals surface area contributed by atoms with Gasteiger partial charge in [0, 0.05) is 17.3 Å². The molecule has 1 unspecified atom stereocenters. The van der Waals surface area contributed by atoms with Crippen LogP contribution in [0, 0.1) is 12.3 Å². The summed E-state index contributed by atoms with van der Waals surface area (Å²) in [5, 5.41) is 5.33. The van der Waals surface area contributed by atoms with Gasteiger partial charge in [-0.1, -0.05) is 24.1 Å². The third kappa shape index (κ3) is 7.78. The molecule has 0 heterocycles. The molecular formula is C27H33N3O5. The maximum Gasteiger partial charge on any atom is 0.408 e. The van der Waals surface area contributed by atoms with Gasteiger partial charge in [-0.2, -0.15) is 0 Å². The van der Waals surface area contributed by atoms with Crippen molar-refractivity contribution in [1.29, 1.82) is 0 Å². The van der Waals surface area contributed by atoms with E-state index < -0.39 is 29.6 Å². The van der Waals surface area contributed by atoms with E-state index in [1.54, 1.807) is 90.3 Å². The topological polar surface area (TPSA) is 97.0 Å². The number of hydrogen-bond donors (Lipinski definition) is 2. The van der Waals surface area contributed by atoms with Crippen molar-refractivity contribution in [2.24, 2.45) is 0 Å². The van der Waals surface area contributed by atoms with Gasteiger partial charge in [-0.25, -0.2) is 4.79 Å². The Hall–Kier alpha value is -3.99. The van der Waals surface area contributed by atoms with Gasteiger partial charge < -0.3 is 25.0 Å². The van der Waals surface area contributed by atoms with Crippen LogP contribution in [0.3, 0.4) is 0 Å². The summed E-state index contributed by atoms with van der Waals surface area (Å²) in [5.41, 5.74) is 0.806. The third-order valence-corrected chi connectivity index (χ3v) is 4.92. The van der Waals surface area contributed by atoms with Crippen molar-refractivity contribution in [3.05, 3.63) is 59.7 Å². The first-order chi connectivity index (χ1) is 16.5. The summed E-state index contributed by atoms with van der Waals surface area (Å²) in [6, 6.07) is 12.4. The molecule has 8 heteroatoms. The number of methoxy groups -OCH3 is 1. The Kier molecular flexibility index (Phi) is 9.29. The number of nitrogens with zero attached hydrogens (tertiary/aromatic N) is 1. The van der Waals surface area contributed by atoms with Crippen LogP contribution in [0.15, 0.2) is 48.5 Å². The highest BCUT2D eigenvalue weighted by Gasteiger charge is 2.35. The quantitative estimate of drug-likeness (QED) is 0.555. The minimum atomic E-state index is -1.04. The number of benzene rings is 2. The van der Waals surface area contributed by atoms with Crippen molar-refractivity contribution in [1.82, 2.24) is 10.2 Å². The molecule has 0 fully saturated rings. The third-order valence-electron chi connectivity index (χ3n) is 4.92. The second-order valence-corrected chi connectivity index (χ2v) is 9.10. The monoisotopic (exact) mass is 479 g/mol. The van der Waals surface area contributed by atoms with Crippen LogP contribution in [0.1, 0.15) is 51.8 Å². The summed E-state index contributed by atoms with van der Waals surface area (Å²) in [7, 11) is 1.55. The average Bonchev–Trinajstić information content (AvgIpc) is 2.80. The van der Waals surface area contributed by atoms with Crippen LogP contribution < -0.4 is 15.4 Å². The van der Waals surface area contributed by atoms with Crippen molar-refractivity contribution < 1.29 is 23.9 Å². The molecule has 0 radical (unpaired) electrons. The van der Waals surface area contributed by atoms with Crippen LogP contribution >= 0.6 is 0 Å². The number of anilines is 1. The van der Waals surface area contributed by atoms with Crippen molar-refractivity contribution in [3.8, 4) is 18.1 Å². The number of carbonyl (C=O) groups is 3. The number of amides is 3. The van der Waals surface area contributed by atoms with Gasteiger partial charge in [0.1, 0.15) is 23.9 Å². The molecule has 0 aliphatic rings. The highest BCUT2D eigenvalue weighted by Crippen LogP contribution is 2.28. The molecular weight excluding hydrogens is 446 g/mol. The molecule has 0 spiro atoms. The van der Waals surface area contributed by atoms with Crippen LogP contribution in [0.2, 0.25) is 0 Å². The van der Waals surface area contributed by atoms with Gasteiger partial charge in [-0.3, -0.25) is 9.59 Å². The fraction of sp³-hybridized carbons (Fsp3) is 0.370. The summed E-state index contributed by atoms with van der Waals surface area (Å²) in [4.78, 5) is 40.4. The zero-order valence-electron chi connectivity index (χ0n) is 21.0. The van der Waals surface area contributed by atoms with Crippen LogP contribution in [-0.2, 0) is 14.3 Å². The van der Waals surface area contributed by atoms with Crippen LogP contribution in [0.4, 0.5) is 10.5 Å². The molecule has 0 aromatic heterocycles. The summed E-state index contributed by atoms with van der Waals surface area (Å²) < 4.78 is 10.4. The van der Waals surface area contributed by atoms with Gasteiger partial charge in [0.2, 0.25) is 5.91 Å². The van der Waals surface area contributed by atoms with E-state index >= 15 is 0 Å². The highest BCUT2D eigenvalue weighted by atomic mass is 16.6. The zero-order valence-corrected chi connectivity index (χ0v) is 21.0. The van der Waals surface area contributed by atoms with Gasteiger partial charge in [-0.05, 0) is 70.5 Å². The van der Waals surface area contributed by atoms with Gasteiger partial charge >= 0.3 is 6.09 Å². The van der Waals surface area contributed by atoms with Crippen LogP contribution in [-0.4, -0.2) is 48.1 Å². The lowest BCUT2D eigenvalue weighted by Gasteiger charge is -2.35. The van der Waals surface area contributed by atoms with E-state index in [2.05, 4.69) is 16.6 Å². The highest BCUT2D eigenvalue weighted by molar-refractivity contribution is 5.99. The number of rotatable bonds is 8. The first-order valence-corrected chi connectivity index (χ1v) is 11.2. The normalized spacial score (nSPS) is 11.7. The smallest absolute Gasteiger partial charge is 0.408 e. The van der Waals surface area contributed by atoms with E-state index in [9.17, 15) is 14.4 Å². The molecule has 1 atom stereocenters. The maximum absolute atomic E-state index is 13.6. The zero-order chi connectivity index (χ0) is 26.2. The summed E-state index contributed by atoms with van der Waals surface area (Å²) in [6.45, 7) is 8.41. The van der Waals surface area contributed by atoms with Crippen molar-refractivity contribution >= 4 is 23.6 Å². The van der Waals surface area contributed by atoms with E-state index in [4.69, 9.17) is 15.9 Å². The fourth-order valence-corrected chi connectivity index (χ4v) is 3.45. The Morgan fingerprint density at radius 3 is 2.23 bits per heavy atom. The molecule has 8 nitrogen and oxygen atoms in total. The second-order valence-electron chi connectivity index (χ2n) is 9.10. The van der Waals surface area contributed by atoms with Crippen molar-refractivity contribution in [2.75, 3.05) is 19.0 Å². The molecule has 35 heavy (non-hydrogen) atoms. The van der Waals surface area contributed by atoms with E-state index in [1.165, 1.54) is 4.90 Å². The molecule has 0 saturated heterocycles. The minimum absolute atomic E-state index is 0.350. The Morgan fingerprint density at radius 2 is 1.69 bits per heavy atom. The van der Waals surface area contributed by atoms with Crippen LogP contribution in [0.5, 0.6) is 5.75 Å². The Morgan fingerprint density at radius 1 is 1.06 bits per heavy atom. The van der Waals surface area contributed by atoms with E-state index in [0.29, 0.717) is 22.6 Å². The summed E-state index contributed by atoms with van der Waals surface area (Å²) in [5.74, 6) is 2.33. The van der Waals surface area contributed by atoms with Crippen LogP contribution in [0.25, 0.3) is 0 Å². The number of hydrogen-bond acceptors (Lipinski definition) is 5. The van der Waals surface area contributed by atoms with Gasteiger partial charge in [0.25, 0.3) is 5.91 Å². The van der Waals surface area contributed by atoms with E-state index in [1.807, 2.05) is 0 Å². The first-order valence-electron chi connectivity index (χ1n) is 11.2. The van der Waals surface area contributed by atoms with Gasteiger partial charge in [-0.15, -0.1) is 6.42 Å². The minimum Gasteiger partial charge on any atom is -0.497 e. The maximum atomic E-state index is 13.6. The van der Waals surface area contributed by atoms with Gasteiger partial charge in [0.15, 0.2) is 0 Å². The largest absolute Gasteiger partial charge is 0.497 e. The summed E-state index contributed by atoms with van der Waals surface area (Å²) in [6.07, 6.45) is 4.99. The lowest BCUT2D eigenvalue weighted by Crippen LogP contribution is -2.49. The number of nitrogens with one attached hydrogen (secondary N) is 2. The SMILES string of the molecule is C#Cc1ccccc1C(C(=O)Nc1ccc(OC)cc1)N(C(=O)CNC(=O)OC(C)(C)C)C(C)C. The molecule has 186 valence electrons. The Labute approximate surface area is 207 Å². The Balaban J connectivity index is 2.39. The summed E-state index contributed by atoms with van der Waals surface area (Å²) >= 11 is 0. The number of terminal acetylenes is 1. The molecule has 0 saturated carbocycles. The number of ether oxygens (including phenoxy) is 2. The number of carbonyl (C=O) groups excluding carboxylic acids is 3. The molecule has 2 rings (SSSR count). The molecule has 0 bridgehead atoms. The molecule has 0 aliphatic heterocycles. The Bertz CT molecular complexity index is 1080. The van der Waals surface area contributed by atoms with E-state index in [0.717, 1.165) is 0 Å². The lowest BCUT2D eigenvalue weighted by atomic mass is 9.97. The standard InChI is InChI=1S/C27H33N3O5/c1-8-19-11-9-10-12-22(19)24(25(32)29-20-13-15-21(34-7)16-14-20)30(18(2)3)23(31)17-28-26(33)35-27(4,5)6/h1,9-16,18,24H,17H2,2-7H3,(H,28,33)(H,29,32). The molecule has 0 aliphatic carbocycles. The second kappa shape index (κ2) is 11.9.